The van der Waals surface area contributed by atoms with Crippen molar-refractivity contribution in [2.75, 3.05) is 20.1 Å². The fraction of sp³-hybridized carbons (Fsp3) is 0.875. The maximum absolute atomic E-state index is 11.1. The molecule has 0 aromatic carbocycles. The first-order valence-electron chi connectivity index (χ1n) is 4.16. The molecule has 0 saturated carbocycles. The molecule has 3 aliphatic heterocycles. The van der Waals surface area contributed by atoms with Gasteiger partial charge in [0.1, 0.15) is 0 Å². The summed E-state index contributed by atoms with van der Waals surface area (Å²) in [5.74, 6) is 0.249. The predicted octanol–water partition coefficient (Wildman–Crippen LogP) is -0.0788. The van der Waals surface area contributed by atoms with E-state index in [0.717, 1.165) is 13.1 Å². The molecule has 2 bridgehead atoms. The first-order valence-corrected chi connectivity index (χ1v) is 4.16. The topological polar surface area (TPSA) is 23.6 Å². The van der Waals surface area contributed by atoms with E-state index in [1.165, 1.54) is 6.42 Å². The Bertz CT molecular complexity index is 181. The average Bonchev–Trinajstić information content (AvgIpc) is 1.84. The molecule has 3 heteroatoms. The van der Waals surface area contributed by atoms with Crippen LogP contribution in [0.4, 0.5) is 0 Å². The molecule has 3 aliphatic rings. The number of fused-ring (bicyclic) bond motifs is 2. The van der Waals surface area contributed by atoms with Crippen LogP contribution in [0.5, 0.6) is 0 Å². The highest BCUT2D eigenvalue weighted by Crippen LogP contribution is 2.31. The van der Waals surface area contributed by atoms with Gasteiger partial charge in [-0.15, -0.1) is 0 Å². The summed E-state index contributed by atoms with van der Waals surface area (Å²) in [5, 5.41) is 0. The highest BCUT2D eigenvalue weighted by molar-refractivity contribution is 5.75. The molecule has 2 unspecified atom stereocenters. The number of rotatable bonds is 0. The minimum absolute atomic E-state index is 0.249. The molecule has 0 aromatic heterocycles. The molecule has 3 nitrogen and oxygen atoms in total. The molecular formula is C8H14N2O. The van der Waals surface area contributed by atoms with Gasteiger partial charge in [-0.1, -0.05) is 0 Å². The number of hydrogen-bond acceptors (Lipinski definition) is 2. The third-order valence-electron chi connectivity index (χ3n) is 2.74. The summed E-state index contributed by atoms with van der Waals surface area (Å²) in [6.07, 6.45) is 1.23. The van der Waals surface area contributed by atoms with Crippen LogP contribution in [0, 0.1) is 0 Å². The normalized spacial score (nSPS) is 36.7. The van der Waals surface area contributed by atoms with Crippen molar-refractivity contribution in [1.29, 1.82) is 0 Å². The van der Waals surface area contributed by atoms with Crippen molar-refractivity contribution < 1.29 is 4.79 Å². The van der Waals surface area contributed by atoms with Crippen LogP contribution in [-0.2, 0) is 4.79 Å². The summed E-state index contributed by atoms with van der Waals surface area (Å²) >= 11 is 0. The number of piperidine rings is 1. The van der Waals surface area contributed by atoms with Crippen molar-refractivity contribution in [2.45, 2.75) is 25.4 Å². The molecule has 3 heterocycles. The molecule has 0 aliphatic carbocycles. The van der Waals surface area contributed by atoms with Crippen molar-refractivity contribution >= 4 is 5.91 Å². The molecule has 1 amide bonds. The van der Waals surface area contributed by atoms with E-state index in [0.29, 0.717) is 12.1 Å². The van der Waals surface area contributed by atoms with E-state index in [2.05, 4.69) is 11.9 Å². The number of carbonyl (C=O) groups is 1. The Morgan fingerprint density at radius 3 is 2.36 bits per heavy atom. The number of amides is 1. The van der Waals surface area contributed by atoms with E-state index in [1.54, 1.807) is 6.92 Å². The van der Waals surface area contributed by atoms with Gasteiger partial charge in [-0.05, 0) is 13.5 Å². The fourth-order valence-electron chi connectivity index (χ4n) is 2.33. The van der Waals surface area contributed by atoms with E-state index in [-0.39, 0.29) is 5.91 Å². The van der Waals surface area contributed by atoms with Crippen molar-refractivity contribution in [2.24, 2.45) is 0 Å². The van der Waals surface area contributed by atoms with Crippen LogP contribution in [-0.4, -0.2) is 47.9 Å². The van der Waals surface area contributed by atoms with Gasteiger partial charge in [-0.2, -0.15) is 0 Å². The van der Waals surface area contributed by atoms with Gasteiger partial charge in [-0.25, -0.2) is 0 Å². The molecule has 3 fully saturated rings. The molecule has 2 atom stereocenters. The first-order chi connectivity index (χ1) is 5.18. The van der Waals surface area contributed by atoms with Gasteiger partial charge >= 0.3 is 0 Å². The monoisotopic (exact) mass is 154 g/mol. The van der Waals surface area contributed by atoms with Crippen LogP contribution in [0.3, 0.4) is 0 Å². The molecule has 62 valence electrons. The quantitative estimate of drug-likeness (QED) is 0.487. The second kappa shape index (κ2) is 2.21. The molecule has 0 spiro atoms. The minimum atomic E-state index is 0.249. The van der Waals surface area contributed by atoms with Crippen molar-refractivity contribution in [3.63, 3.8) is 0 Å². The van der Waals surface area contributed by atoms with Gasteiger partial charge in [0.05, 0.1) is 0 Å². The lowest BCUT2D eigenvalue weighted by Gasteiger charge is -2.55. The van der Waals surface area contributed by atoms with Crippen LogP contribution in [0.15, 0.2) is 0 Å². The third-order valence-corrected chi connectivity index (χ3v) is 2.74. The molecular weight excluding hydrogens is 140 g/mol. The number of piperazine rings is 1. The zero-order valence-electron chi connectivity index (χ0n) is 7.08. The zero-order chi connectivity index (χ0) is 8.01. The summed E-state index contributed by atoms with van der Waals surface area (Å²) in [6.45, 7) is 3.80. The molecule has 3 saturated heterocycles. The van der Waals surface area contributed by atoms with Crippen molar-refractivity contribution in [3.05, 3.63) is 0 Å². The lowest BCUT2D eigenvalue weighted by Crippen LogP contribution is -2.69. The Morgan fingerprint density at radius 2 is 1.91 bits per heavy atom. The second-order valence-corrected chi connectivity index (χ2v) is 3.69. The van der Waals surface area contributed by atoms with Crippen LogP contribution < -0.4 is 0 Å². The lowest BCUT2D eigenvalue weighted by molar-refractivity contribution is -0.150. The Morgan fingerprint density at radius 1 is 1.36 bits per heavy atom. The lowest BCUT2D eigenvalue weighted by atomic mass is 9.88. The van der Waals surface area contributed by atoms with E-state index < -0.39 is 0 Å². The Kier molecular flexibility index (Phi) is 1.42. The van der Waals surface area contributed by atoms with Gasteiger partial charge in [0, 0.05) is 32.1 Å². The van der Waals surface area contributed by atoms with Crippen molar-refractivity contribution in [1.82, 2.24) is 9.80 Å². The van der Waals surface area contributed by atoms with E-state index in [4.69, 9.17) is 0 Å². The zero-order valence-corrected chi connectivity index (χ0v) is 7.08. The first kappa shape index (κ1) is 7.10. The molecule has 0 radical (unpaired) electrons. The Labute approximate surface area is 67.0 Å². The number of nitrogens with zero attached hydrogens (tertiary/aromatic N) is 2. The minimum Gasteiger partial charge on any atom is -0.334 e. The van der Waals surface area contributed by atoms with Crippen LogP contribution in [0.1, 0.15) is 13.3 Å². The SMILES string of the molecule is CC(=O)N1C2CC1CN(C)C2. The smallest absolute Gasteiger partial charge is 0.220 e. The maximum Gasteiger partial charge on any atom is 0.220 e. The highest BCUT2D eigenvalue weighted by Gasteiger charge is 2.44. The fourth-order valence-corrected chi connectivity index (χ4v) is 2.33. The van der Waals surface area contributed by atoms with Gasteiger partial charge in [0.25, 0.3) is 0 Å². The summed E-state index contributed by atoms with van der Waals surface area (Å²) < 4.78 is 0. The third kappa shape index (κ3) is 0.948. The van der Waals surface area contributed by atoms with Gasteiger partial charge in [0.2, 0.25) is 5.91 Å². The second-order valence-electron chi connectivity index (χ2n) is 3.69. The summed E-state index contributed by atoms with van der Waals surface area (Å²) in [4.78, 5) is 15.4. The van der Waals surface area contributed by atoms with Gasteiger partial charge in [0.15, 0.2) is 0 Å². The maximum atomic E-state index is 11.1. The largest absolute Gasteiger partial charge is 0.334 e. The summed E-state index contributed by atoms with van der Waals surface area (Å²) in [6, 6.07) is 1.05. The molecule has 11 heavy (non-hydrogen) atoms. The van der Waals surface area contributed by atoms with Crippen LogP contribution >= 0.6 is 0 Å². The van der Waals surface area contributed by atoms with Crippen molar-refractivity contribution in [3.8, 4) is 0 Å². The number of likely N-dealkylation sites (N-methyl/N-ethyl adjacent to an activating group) is 1. The number of hydrogen-bond donors (Lipinski definition) is 0. The van der Waals surface area contributed by atoms with E-state index in [1.807, 2.05) is 4.90 Å². The highest BCUT2D eigenvalue weighted by atomic mass is 16.2. The predicted molar refractivity (Wildman–Crippen MR) is 42.2 cm³/mol. The van der Waals surface area contributed by atoms with Crippen LogP contribution in [0.2, 0.25) is 0 Å². The van der Waals surface area contributed by atoms with E-state index >= 15 is 0 Å². The Hall–Kier alpha value is -0.570. The standard InChI is InChI=1S/C8H14N2O/c1-6(11)10-7-3-8(10)5-9(2)4-7/h7-8H,3-5H2,1-2H3. The molecule has 3 rings (SSSR count). The molecule has 0 aromatic rings. The summed E-state index contributed by atoms with van der Waals surface area (Å²) in [5.41, 5.74) is 0. The average molecular weight is 154 g/mol. The number of carbonyl (C=O) groups excluding carboxylic acids is 1. The van der Waals surface area contributed by atoms with Gasteiger partial charge in [-0.3, -0.25) is 4.79 Å². The van der Waals surface area contributed by atoms with E-state index in [9.17, 15) is 4.79 Å². The Balaban J connectivity index is 2.04. The van der Waals surface area contributed by atoms with Crippen LogP contribution in [0.25, 0.3) is 0 Å². The van der Waals surface area contributed by atoms with Gasteiger partial charge < -0.3 is 9.80 Å². The molecule has 0 N–H and O–H groups in total. The summed E-state index contributed by atoms with van der Waals surface area (Å²) in [7, 11) is 2.12.